The highest BCUT2D eigenvalue weighted by Crippen LogP contribution is 2.28. The first-order chi connectivity index (χ1) is 15.1. The molecule has 0 aliphatic carbocycles. The topological polar surface area (TPSA) is 73.1 Å². The highest BCUT2D eigenvalue weighted by Gasteiger charge is 2.18. The lowest BCUT2D eigenvalue weighted by molar-refractivity contribution is 0.126. The monoisotopic (exact) mass is 456 g/mol. The number of hydrogen-bond acceptors (Lipinski definition) is 6. The van der Waals surface area contributed by atoms with E-state index < -0.39 is 6.10 Å². The van der Waals surface area contributed by atoms with Gasteiger partial charge >= 0.3 is 0 Å². The molecule has 0 radical (unpaired) electrons. The highest BCUT2D eigenvalue weighted by molar-refractivity contribution is 7.99. The zero-order valence-corrected chi connectivity index (χ0v) is 17.8. The van der Waals surface area contributed by atoms with E-state index in [0.29, 0.717) is 33.2 Å². The van der Waals surface area contributed by atoms with Crippen LogP contribution in [0, 0.1) is 5.82 Å². The molecule has 0 saturated carbocycles. The highest BCUT2D eigenvalue weighted by atomic mass is 35.5. The van der Waals surface area contributed by atoms with Crippen LogP contribution in [0.2, 0.25) is 5.02 Å². The van der Waals surface area contributed by atoms with Gasteiger partial charge in [0.2, 0.25) is 0 Å². The fourth-order valence-corrected chi connectivity index (χ4v) is 3.80. The Labute approximate surface area is 187 Å². The van der Waals surface area contributed by atoms with E-state index in [1.54, 1.807) is 48.8 Å². The van der Waals surface area contributed by atoms with Crippen molar-refractivity contribution >= 4 is 23.4 Å². The number of pyridine rings is 1. The van der Waals surface area contributed by atoms with E-state index in [1.165, 1.54) is 23.9 Å². The molecule has 6 nitrogen and oxygen atoms in total. The number of ether oxygens (including phenoxy) is 1. The van der Waals surface area contributed by atoms with Gasteiger partial charge in [-0.05, 0) is 60.7 Å². The van der Waals surface area contributed by atoms with Gasteiger partial charge in [0, 0.05) is 34.4 Å². The molecule has 0 bridgehead atoms. The molecule has 2 aromatic heterocycles. The number of thioether (sulfide) groups is 1. The fraction of sp³-hybridized carbons (Fsp3) is 0.136. The van der Waals surface area contributed by atoms with Crippen molar-refractivity contribution in [1.82, 2.24) is 19.7 Å². The molecule has 9 heteroatoms. The Morgan fingerprint density at radius 2 is 1.71 bits per heavy atom. The van der Waals surface area contributed by atoms with Crippen molar-refractivity contribution in [2.45, 2.75) is 11.3 Å². The van der Waals surface area contributed by atoms with Gasteiger partial charge in [-0.15, -0.1) is 10.2 Å². The minimum Gasteiger partial charge on any atom is -0.491 e. The summed E-state index contributed by atoms with van der Waals surface area (Å²) in [5.74, 6) is 1.24. The van der Waals surface area contributed by atoms with Crippen LogP contribution in [0.5, 0.6) is 5.75 Å². The van der Waals surface area contributed by atoms with Crippen LogP contribution in [-0.4, -0.2) is 43.3 Å². The molecule has 31 heavy (non-hydrogen) atoms. The van der Waals surface area contributed by atoms with Gasteiger partial charge in [-0.1, -0.05) is 23.4 Å². The largest absolute Gasteiger partial charge is 0.491 e. The van der Waals surface area contributed by atoms with Gasteiger partial charge in [0.05, 0.1) is 6.10 Å². The fourth-order valence-electron chi connectivity index (χ4n) is 2.82. The van der Waals surface area contributed by atoms with E-state index in [4.69, 9.17) is 16.3 Å². The number of benzene rings is 2. The SMILES string of the molecule is OC(COc1ccc(Cl)cc1)CSc1nnc(-c2ccncc2)n1-c1ccc(F)cc1. The molecule has 4 aromatic rings. The standard InChI is InChI=1S/C22H18ClFN4O2S/c23-16-1-7-20(8-2-16)30-13-19(29)14-31-22-27-26-21(15-9-11-25-12-10-15)28(22)18-5-3-17(24)4-6-18/h1-12,19,29H,13-14H2. The normalized spacial score (nSPS) is 12.0. The number of nitrogens with zero attached hydrogens (tertiary/aromatic N) is 4. The minimum absolute atomic E-state index is 0.122. The molecule has 0 amide bonds. The van der Waals surface area contributed by atoms with Crippen molar-refractivity contribution in [2.24, 2.45) is 0 Å². The summed E-state index contributed by atoms with van der Waals surface area (Å²) in [6.07, 6.45) is 2.61. The Kier molecular flexibility index (Phi) is 6.81. The lowest BCUT2D eigenvalue weighted by atomic mass is 10.2. The second-order valence-corrected chi connectivity index (χ2v) is 8.01. The lowest BCUT2D eigenvalue weighted by Crippen LogP contribution is -2.20. The molecule has 0 aliphatic heterocycles. The van der Waals surface area contributed by atoms with Crippen molar-refractivity contribution in [3.05, 3.63) is 83.9 Å². The maximum absolute atomic E-state index is 13.4. The average Bonchev–Trinajstić information content (AvgIpc) is 3.22. The molecule has 1 unspecified atom stereocenters. The third kappa shape index (κ3) is 5.41. The first-order valence-corrected chi connectivity index (χ1v) is 10.8. The van der Waals surface area contributed by atoms with Crippen LogP contribution in [-0.2, 0) is 0 Å². The third-order valence-electron chi connectivity index (χ3n) is 4.32. The molecule has 2 aromatic carbocycles. The van der Waals surface area contributed by atoms with Gasteiger partial charge in [0.15, 0.2) is 11.0 Å². The number of halogens is 2. The Bertz CT molecular complexity index is 1120. The number of rotatable bonds is 8. The summed E-state index contributed by atoms with van der Waals surface area (Å²) in [6, 6.07) is 16.7. The summed E-state index contributed by atoms with van der Waals surface area (Å²) in [5, 5.41) is 20.1. The Hall–Kier alpha value is -2.94. The second kappa shape index (κ2) is 9.91. The molecule has 2 heterocycles. The molecule has 158 valence electrons. The van der Waals surface area contributed by atoms with E-state index in [9.17, 15) is 9.50 Å². The molecule has 0 aliphatic rings. The Morgan fingerprint density at radius 1 is 1.00 bits per heavy atom. The Balaban J connectivity index is 1.50. The quantitative estimate of drug-likeness (QED) is 0.389. The van der Waals surface area contributed by atoms with Gasteiger partial charge in [0.25, 0.3) is 0 Å². The van der Waals surface area contributed by atoms with E-state index in [0.717, 1.165) is 5.56 Å². The number of aliphatic hydroxyl groups excluding tert-OH is 1. The van der Waals surface area contributed by atoms with Gasteiger partial charge < -0.3 is 9.84 Å². The van der Waals surface area contributed by atoms with Gasteiger partial charge in [-0.2, -0.15) is 0 Å². The molecular weight excluding hydrogens is 439 g/mol. The maximum Gasteiger partial charge on any atom is 0.196 e. The van der Waals surface area contributed by atoms with Gasteiger partial charge in [0.1, 0.15) is 18.2 Å². The summed E-state index contributed by atoms with van der Waals surface area (Å²) in [5.41, 5.74) is 1.54. The predicted molar refractivity (Wildman–Crippen MR) is 118 cm³/mol. The van der Waals surface area contributed by atoms with Crippen LogP contribution in [0.25, 0.3) is 17.1 Å². The summed E-state index contributed by atoms with van der Waals surface area (Å²) in [4.78, 5) is 4.03. The van der Waals surface area contributed by atoms with Gasteiger partial charge in [-0.25, -0.2) is 4.39 Å². The van der Waals surface area contributed by atoms with E-state index in [-0.39, 0.29) is 12.4 Å². The van der Waals surface area contributed by atoms with Crippen molar-refractivity contribution in [1.29, 1.82) is 0 Å². The molecule has 0 saturated heterocycles. The van der Waals surface area contributed by atoms with Crippen molar-refractivity contribution in [2.75, 3.05) is 12.4 Å². The van der Waals surface area contributed by atoms with Crippen LogP contribution in [0.4, 0.5) is 4.39 Å². The third-order valence-corrected chi connectivity index (χ3v) is 5.64. The van der Waals surface area contributed by atoms with Crippen LogP contribution in [0.1, 0.15) is 0 Å². The zero-order chi connectivity index (χ0) is 21.6. The molecule has 0 spiro atoms. The van der Waals surface area contributed by atoms with Crippen LogP contribution >= 0.6 is 23.4 Å². The summed E-state index contributed by atoms with van der Waals surface area (Å²) < 4.78 is 20.9. The van der Waals surface area contributed by atoms with Crippen molar-refractivity contribution in [3.8, 4) is 22.8 Å². The predicted octanol–water partition coefficient (Wildman–Crippen LogP) is 4.65. The molecular formula is C22H18ClFN4O2S. The van der Waals surface area contributed by atoms with E-state index in [1.807, 2.05) is 16.7 Å². The van der Waals surface area contributed by atoms with Crippen molar-refractivity contribution in [3.63, 3.8) is 0 Å². The van der Waals surface area contributed by atoms with E-state index in [2.05, 4.69) is 15.2 Å². The maximum atomic E-state index is 13.4. The Morgan fingerprint density at radius 3 is 2.42 bits per heavy atom. The van der Waals surface area contributed by atoms with Crippen molar-refractivity contribution < 1.29 is 14.2 Å². The van der Waals surface area contributed by atoms with E-state index >= 15 is 0 Å². The molecule has 0 fully saturated rings. The number of aromatic nitrogens is 4. The first kappa shape index (κ1) is 21.3. The number of aliphatic hydroxyl groups is 1. The van der Waals surface area contributed by atoms with Crippen LogP contribution < -0.4 is 4.74 Å². The summed E-state index contributed by atoms with van der Waals surface area (Å²) >= 11 is 7.20. The smallest absolute Gasteiger partial charge is 0.196 e. The second-order valence-electron chi connectivity index (χ2n) is 6.58. The molecule has 1 N–H and O–H groups in total. The minimum atomic E-state index is -0.733. The zero-order valence-electron chi connectivity index (χ0n) is 16.2. The average molecular weight is 457 g/mol. The first-order valence-electron chi connectivity index (χ1n) is 9.41. The number of hydrogen-bond donors (Lipinski definition) is 1. The van der Waals surface area contributed by atoms with Crippen LogP contribution in [0.3, 0.4) is 0 Å². The van der Waals surface area contributed by atoms with Crippen LogP contribution in [0.15, 0.2) is 78.2 Å². The summed E-state index contributed by atoms with van der Waals surface area (Å²) in [7, 11) is 0. The summed E-state index contributed by atoms with van der Waals surface area (Å²) in [6.45, 7) is 0.122. The molecule has 1 atom stereocenters. The van der Waals surface area contributed by atoms with Gasteiger partial charge in [-0.3, -0.25) is 9.55 Å². The molecule has 4 rings (SSSR count). The lowest BCUT2D eigenvalue weighted by Gasteiger charge is -2.13.